The Bertz CT molecular complexity index is 422. The van der Waals surface area contributed by atoms with Crippen LogP contribution in [0.25, 0.3) is 0 Å². The van der Waals surface area contributed by atoms with Gasteiger partial charge in [-0.1, -0.05) is 20.3 Å². The van der Waals surface area contributed by atoms with Gasteiger partial charge in [0.25, 0.3) is 0 Å². The first-order valence-corrected chi connectivity index (χ1v) is 8.53. The average molecular weight is 275 g/mol. The average Bonchev–Trinajstić information content (AvgIpc) is 3.16. The van der Waals surface area contributed by atoms with Crippen molar-refractivity contribution in [3.05, 3.63) is 18.0 Å². The Morgan fingerprint density at radius 2 is 2.15 bits per heavy atom. The Balaban J connectivity index is 1.72. The van der Waals surface area contributed by atoms with Crippen LogP contribution in [0.1, 0.15) is 64.0 Å². The molecular weight excluding hydrogens is 246 g/mol. The van der Waals surface area contributed by atoms with Crippen molar-refractivity contribution in [1.29, 1.82) is 0 Å². The van der Waals surface area contributed by atoms with E-state index >= 15 is 0 Å². The maximum absolute atomic E-state index is 4.54. The van der Waals surface area contributed by atoms with Gasteiger partial charge in [0.15, 0.2) is 0 Å². The van der Waals surface area contributed by atoms with E-state index in [1.165, 1.54) is 50.8 Å². The molecule has 2 saturated carbocycles. The molecule has 3 heteroatoms. The Hall–Kier alpha value is -0.830. The minimum Gasteiger partial charge on any atom is -0.314 e. The van der Waals surface area contributed by atoms with E-state index < -0.39 is 0 Å². The van der Waals surface area contributed by atoms with Crippen LogP contribution in [0.2, 0.25) is 0 Å². The summed E-state index contributed by atoms with van der Waals surface area (Å²) in [5.41, 5.74) is 1.49. The number of hydrogen-bond donors (Lipinski definition) is 1. The number of aryl methyl sites for hydroxylation is 1. The van der Waals surface area contributed by atoms with Gasteiger partial charge in [0.2, 0.25) is 0 Å². The summed E-state index contributed by atoms with van der Waals surface area (Å²) in [6, 6.07) is 3.10. The fraction of sp³-hybridized carbons (Fsp3) is 0.824. The minimum atomic E-state index is 0.707. The monoisotopic (exact) mass is 275 g/mol. The SMILES string of the molecule is CCCn1nccc1C1CC(C)CCC1CNC1CC1. The first-order chi connectivity index (χ1) is 9.78. The van der Waals surface area contributed by atoms with Gasteiger partial charge in [-0.05, 0) is 56.6 Å². The van der Waals surface area contributed by atoms with E-state index in [1.54, 1.807) is 0 Å². The van der Waals surface area contributed by atoms with E-state index in [0.717, 1.165) is 24.4 Å². The molecular formula is C17H29N3. The van der Waals surface area contributed by atoms with Crippen LogP contribution in [0, 0.1) is 11.8 Å². The molecule has 3 atom stereocenters. The van der Waals surface area contributed by atoms with Crippen LogP contribution in [-0.4, -0.2) is 22.4 Å². The Morgan fingerprint density at radius 1 is 1.30 bits per heavy atom. The van der Waals surface area contributed by atoms with E-state index in [0.29, 0.717) is 5.92 Å². The normalized spacial score (nSPS) is 30.6. The predicted octanol–water partition coefficient (Wildman–Crippen LogP) is 3.56. The number of rotatable bonds is 6. The summed E-state index contributed by atoms with van der Waals surface area (Å²) in [6.45, 7) is 6.93. The zero-order chi connectivity index (χ0) is 13.9. The third-order valence-electron chi connectivity index (χ3n) is 5.07. The summed E-state index contributed by atoms with van der Waals surface area (Å²) >= 11 is 0. The summed E-state index contributed by atoms with van der Waals surface area (Å²) in [6.07, 6.45) is 10.1. The molecule has 0 bridgehead atoms. The zero-order valence-electron chi connectivity index (χ0n) is 13.0. The van der Waals surface area contributed by atoms with Gasteiger partial charge in [-0.15, -0.1) is 0 Å². The molecule has 0 aliphatic heterocycles. The van der Waals surface area contributed by atoms with Crippen LogP contribution in [0.15, 0.2) is 12.3 Å². The summed E-state index contributed by atoms with van der Waals surface area (Å²) in [5.74, 6) is 2.38. The van der Waals surface area contributed by atoms with Crippen molar-refractivity contribution >= 4 is 0 Å². The molecule has 3 rings (SSSR count). The van der Waals surface area contributed by atoms with Gasteiger partial charge in [0.05, 0.1) is 0 Å². The van der Waals surface area contributed by atoms with E-state index in [2.05, 4.69) is 35.0 Å². The summed E-state index contributed by atoms with van der Waals surface area (Å²) in [7, 11) is 0. The lowest BCUT2D eigenvalue weighted by Crippen LogP contribution is -2.33. The quantitative estimate of drug-likeness (QED) is 0.860. The molecule has 0 spiro atoms. The lowest BCUT2D eigenvalue weighted by molar-refractivity contribution is 0.232. The molecule has 0 radical (unpaired) electrons. The first kappa shape index (κ1) is 14.1. The summed E-state index contributed by atoms with van der Waals surface area (Å²) in [5, 5.41) is 8.30. The zero-order valence-corrected chi connectivity index (χ0v) is 13.0. The van der Waals surface area contributed by atoms with E-state index in [1.807, 2.05) is 6.20 Å². The highest BCUT2D eigenvalue weighted by molar-refractivity contribution is 5.11. The molecule has 1 heterocycles. The second kappa shape index (κ2) is 6.30. The van der Waals surface area contributed by atoms with Gasteiger partial charge in [-0.25, -0.2) is 0 Å². The van der Waals surface area contributed by atoms with E-state index in [4.69, 9.17) is 0 Å². The van der Waals surface area contributed by atoms with Crippen LogP contribution in [0.3, 0.4) is 0 Å². The maximum atomic E-state index is 4.54. The van der Waals surface area contributed by atoms with Crippen LogP contribution in [0.4, 0.5) is 0 Å². The molecule has 1 aromatic rings. The molecule has 112 valence electrons. The van der Waals surface area contributed by atoms with Gasteiger partial charge in [0, 0.05) is 30.4 Å². The maximum Gasteiger partial charge on any atom is 0.0492 e. The van der Waals surface area contributed by atoms with Crippen molar-refractivity contribution in [2.45, 2.75) is 70.9 Å². The summed E-state index contributed by atoms with van der Waals surface area (Å²) < 4.78 is 2.26. The third-order valence-corrected chi connectivity index (χ3v) is 5.07. The van der Waals surface area contributed by atoms with Gasteiger partial charge in [-0.3, -0.25) is 4.68 Å². The highest BCUT2D eigenvalue weighted by atomic mass is 15.3. The van der Waals surface area contributed by atoms with E-state index in [9.17, 15) is 0 Å². The standard InChI is InChI=1S/C17H29N3/c1-3-10-20-17(8-9-19-20)16-11-13(2)4-5-14(16)12-18-15-6-7-15/h8-9,13-16,18H,3-7,10-12H2,1-2H3. The molecule has 2 fully saturated rings. The van der Waals surface area contributed by atoms with Crippen LogP contribution < -0.4 is 5.32 Å². The number of hydrogen-bond acceptors (Lipinski definition) is 2. The lowest BCUT2D eigenvalue weighted by atomic mass is 9.73. The van der Waals surface area contributed by atoms with Crippen molar-refractivity contribution in [1.82, 2.24) is 15.1 Å². The lowest BCUT2D eigenvalue weighted by Gasteiger charge is -2.35. The second-order valence-corrected chi connectivity index (χ2v) is 6.95. The van der Waals surface area contributed by atoms with Gasteiger partial charge < -0.3 is 5.32 Å². The molecule has 2 aliphatic rings. The fourth-order valence-corrected chi connectivity index (χ4v) is 3.71. The van der Waals surface area contributed by atoms with Gasteiger partial charge in [-0.2, -0.15) is 5.10 Å². The van der Waals surface area contributed by atoms with Gasteiger partial charge in [0.1, 0.15) is 0 Å². The first-order valence-electron chi connectivity index (χ1n) is 8.53. The Morgan fingerprint density at radius 3 is 2.90 bits per heavy atom. The highest BCUT2D eigenvalue weighted by Gasteiger charge is 2.33. The smallest absolute Gasteiger partial charge is 0.0492 e. The van der Waals surface area contributed by atoms with Crippen molar-refractivity contribution in [3.8, 4) is 0 Å². The molecule has 0 amide bonds. The molecule has 3 unspecified atom stereocenters. The molecule has 0 aromatic carbocycles. The summed E-state index contributed by atoms with van der Waals surface area (Å²) in [4.78, 5) is 0. The van der Waals surface area contributed by atoms with E-state index in [-0.39, 0.29) is 0 Å². The molecule has 3 nitrogen and oxygen atoms in total. The number of nitrogens with one attached hydrogen (secondary N) is 1. The number of aromatic nitrogens is 2. The minimum absolute atomic E-state index is 0.707. The van der Waals surface area contributed by atoms with Crippen LogP contribution in [-0.2, 0) is 6.54 Å². The van der Waals surface area contributed by atoms with Crippen molar-refractivity contribution < 1.29 is 0 Å². The fourth-order valence-electron chi connectivity index (χ4n) is 3.71. The number of nitrogens with zero attached hydrogens (tertiary/aromatic N) is 2. The van der Waals surface area contributed by atoms with Crippen LogP contribution >= 0.6 is 0 Å². The Labute approximate surface area is 123 Å². The second-order valence-electron chi connectivity index (χ2n) is 6.95. The predicted molar refractivity (Wildman–Crippen MR) is 82.8 cm³/mol. The topological polar surface area (TPSA) is 29.9 Å². The largest absolute Gasteiger partial charge is 0.314 e. The van der Waals surface area contributed by atoms with Crippen molar-refractivity contribution in [2.24, 2.45) is 11.8 Å². The molecule has 1 aromatic heterocycles. The molecule has 20 heavy (non-hydrogen) atoms. The molecule has 1 N–H and O–H groups in total. The third kappa shape index (κ3) is 3.25. The molecule has 0 saturated heterocycles. The van der Waals surface area contributed by atoms with Crippen molar-refractivity contribution in [3.63, 3.8) is 0 Å². The Kier molecular flexibility index (Phi) is 4.45. The molecule has 2 aliphatic carbocycles. The van der Waals surface area contributed by atoms with Crippen molar-refractivity contribution in [2.75, 3.05) is 6.54 Å². The van der Waals surface area contributed by atoms with Crippen LogP contribution in [0.5, 0.6) is 0 Å². The highest BCUT2D eigenvalue weighted by Crippen LogP contribution is 2.40. The van der Waals surface area contributed by atoms with Gasteiger partial charge >= 0.3 is 0 Å².